The van der Waals surface area contributed by atoms with Crippen LogP contribution in [0.15, 0.2) is 36.9 Å². The molecule has 8 heteroatoms. The van der Waals surface area contributed by atoms with E-state index in [1.165, 1.54) is 18.1 Å². The van der Waals surface area contributed by atoms with Gasteiger partial charge in [-0.15, -0.1) is 0 Å². The van der Waals surface area contributed by atoms with Gasteiger partial charge in [0.1, 0.15) is 0 Å². The summed E-state index contributed by atoms with van der Waals surface area (Å²) in [6, 6.07) is 8.01. The number of benzene rings is 1. The molecule has 0 bridgehead atoms. The van der Waals surface area contributed by atoms with Gasteiger partial charge in [-0.25, -0.2) is 4.98 Å². The zero-order valence-corrected chi connectivity index (χ0v) is 23.7. The summed E-state index contributed by atoms with van der Waals surface area (Å²) in [5, 5.41) is 3.12. The highest BCUT2D eigenvalue weighted by Gasteiger charge is 2.28. The fourth-order valence-electron chi connectivity index (χ4n) is 6.27. The summed E-state index contributed by atoms with van der Waals surface area (Å²) in [6.07, 6.45) is 5.46. The smallest absolute Gasteiger partial charge is 0.258 e. The van der Waals surface area contributed by atoms with E-state index < -0.39 is 0 Å². The quantitative estimate of drug-likeness (QED) is 0.445. The predicted molar refractivity (Wildman–Crippen MR) is 155 cm³/mol. The van der Waals surface area contributed by atoms with Crippen molar-refractivity contribution in [3.05, 3.63) is 65.0 Å². The number of hydrogen-bond acceptors (Lipinski definition) is 5. The Morgan fingerprint density at radius 2 is 1.79 bits per heavy atom. The Morgan fingerprint density at radius 3 is 2.49 bits per heavy atom. The highest BCUT2D eigenvalue weighted by Crippen LogP contribution is 2.33. The van der Waals surface area contributed by atoms with Gasteiger partial charge in [0.2, 0.25) is 11.9 Å². The van der Waals surface area contributed by atoms with Crippen LogP contribution in [0.2, 0.25) is 0 Å². The number of aromatic nitrogens is 3. The summed E-state index contributed by atoms with van der Waals surface area (Å²) >= 11 is 0. The second-order valence-corrected chi connectivity index (χ2v) is 11.4. The maximum absolute atomic E-state index is 13.5. The standard InChI is InChI=1S/C31H40N6O2/c1-6-28(38)36-11-8-7-9-26(19-36)37-29-21(3)13-24(18-35-12-10-20(2)17-35)16-27(29)33-31(37)34-30(39)25-14-22(4)32-23(5)15-25/h6,13-16,20,26H,1,7-12,17-19H2,2-5H3,(H,33,34,39)/t20-,26-/m1/s1. The van der Waals surface area contributed by atoms with Gasteiger partial charge in [-0.2, -0.15) is 0 Å². The predicted octanol–water partition coefficient (Wildman–Crippen LogP) is 5.19. The zero-order valence-electron chi connectivity index (χ0n) is 23.7. The number of amides is 2. The van der Waals surface area contributed by atoms with Crippen molar-refractivity contribution in [3.8, 4) is 0 Å². The number of rotatable bonds is 6. The first-order chi connectivity index (χ1) is 18.7. The number of fused-ring (bicyclic) bond motifs is 1. The SMILES string of the molecule is C=CC(=O)N1CCCC[C@@H](n2c(NC(=O)c3cc(C)nc(C)c3)nc3cc(CN4CC[C@@H](C)C4)cc(C)c32)C1. The molecule has 1 aromatic carbocycles. The average molecular weight is 529 g/mol. The molecule has 2 aliphatic heterocycles. The summed E-state index contributed by atoms with van der Waals surface area (Å²) < 4.78 is 2.17. The summed E-state index contributed by atoms with van der Waals surface area (Å²) in [5.41, 5.74) is 6.42. The number of carbonyl (C=O) groups is 2. The first-order valence-electron chi connectivity index (χ1n) is 14.1. The number of nitrogens with one attached hydrogen (secondary N) is 1. The van der Waals surface area contributed by atoms with Crippen LogP contribution in [0.4, 0.5) is 5.95 Å². The van der Waals surface area contributed by atoms with Crippen LogP contribution in [0.3, 0.4) is 0 Å². The van der Waals surface area contributed by atoms with Gasteiger partial charge >= 0.3 is 0 Å². The number of anilines is 1. The van der Waals surface area contributed by atoms with Crippen LogP contribution in [-0.4, -0.2) is 62.3 Å². The van der Waals surface area contributed by atoms with Crippen LogP contribution in [-0.2, 0) is 11.3 Å². The Hall–Kier alpha value is -3.52. The van der Waals surface area contributed by atoms with E-state index >= 15 is 0 Å². The zero-order chi connectivity index (χ0) is 27.7. The fourth-order valence-corrected chi connectivity index (χ4v) is 6.27. The number of aryl methyl sites for hydroxylation is 3. The molecule has 2 amide bonds. The van der Waals surface area contributed by atoms with Crippen LogP contribution in [0.1, 0.15) is 71.5 Å². The Bertz CT molecular complexity index is 1390. The minimum atomic E-state index is -0.211. The van der Waals surface area contributed by atoms with E-state index in [-0.39, 0.29) is 17.9 Å². The van der Waals surface area contributed by atoms with Crippen molar-refractivity contribution in [3.63, 3.8) is 0 Å². The van der Waals surface area contributed by atoms with Crippen molar-refractivity contribution in [2.24, 2.45) is 5.92 Å². The van der Waals surface area contributed by atoms with Crippen molar-refractivity contribution < 1.29 is 9.59 Å². The molecule has 4 heterocycles. The van der Waals surface area contributed by atoms with Crippen LogP contribution in [0.5, 0.6) is 0 Å². The van der Waals surface area contributed by atoms with Gasteiger partial charge in [0.15, 0.2) is 0 Å². The molecule has 5 rings (SSSR count). The van der Waals surface area contributed by atoms with Gasteiger partial charge < -0.3 is 9.47 Å². The van der Waals surface area contributed by atoms with Gasteiger partial charge in [-0.3, -0.25) is 24.8 Å². The largest absolute Gasteiger partial charge is 0.337 e. The van der Waals surface area contributed by atoms with E-state index in [1.54, 1.807) is 12.1 Å². The first kappa shape index (κ1) is 27.1. The van der Waals surface area contributed by atoms with Gasteiger partial charge in [0.05, 0.1) is 17.1 Å². The molecule has 206 valence electrons. The lowest BCUT2D eigenvalue weighted by Gasteiger charge is -2.26. The van der Waals surface area contributed by atoms with Crippen molar-refractivity contribution in [2.75, 3.05) is 31.5 Å². The molecule has 8 nitrogen and oxygen atoms in total. The average Bonchev–Trinajstić information content (AvgIpc) is 3.36. The monoisotopic (exact) mass is 528 g/mol. The molecular formula is C31H40N6O2. The van der Waals surface area contributed by atoms with Crippen LogP contribution in [0.25, 0.3) is 11.0 Å². The number of hydrogen-bond donors (Lipinski definition) is 1. The van der Waals surface area contributed by atoms with Gasteiger partial charge in [0, 0.05) is 43.1 Å². The Labute approximate surface area is 231 Å². The Morgan fingerprint density at radius 1 is 1.03 bits per heavy atom. The number of carbonyl (C=O) groups excluding carboxylic acids is 2. The first-order valence-corrected chi connectivity index (χ1v) is 14.1. The lowest BCUT2D eigenvalue weighted by Crippen LogP contribution is -2.34. The normalized spacial score (nSPS) is 20.3. The molecule has 39 heavy (non-hydrogen) atoms. The maximum Gasteiger partial charge on any atom is 0.258 e. The van der Waals surface area contributed by atoms with Gasteiger partial charge in [-0.1, -0.05) is 19.6 Å². The van der Waals surface area contributed by atoms with E-state index in [4.69, 9.17) is 4.98 Å². The third-order valence-electron chi connectivity index (χ3n) is 8.02. The molecule has 1 N–H and O–H groups in total. The highest BCUT2D eigenvalue weighted by atomic mass is 16.2. The third-order valence-corrected chi connectivity index (χ3v) is 8.02. The second-order valence-electron chi connectivity index (χ2n) is 11.4. The molecule has 2 fully saturated rings. The molecule has 2 aromatic heterocycles. The lowest BCUT2D eigenvalue weighted by molar-refractivity contribution is -0.126. The van der Waals surface area contributed by atoms with Gasteiger partial charge in [0.25, 0.3) is 5.91 Å². The van der Waals surface area contributed by atoms with Crippen LogP contribution < -0.4 is 5.32 Å². The van der Waals surface area contributed by atoms with E-state index in [9.17, 15) is 9.59 Å². The number of imidazole rings is 1. The fraction of sp³-hybridized carbons (Fsp3) is 0.484. The lowest BCUT2D eigenvalue weighted by atomic mass is 10.1. The molecule has 0 aliphatic carbocycles. The third kappa shape index (κ3) is 5.91. The van der Waals surface area contributed by atoms with Crippen molar-refractivity contribution in [1.29, 1.82) is 0 Å². The van der Waals surface area contributed by atoms with Crippen molar-refractivity contribution in [1.82, 2.24) is 24.3 Å². The molecule has 0 unspecified atom stereocenters. The molecule has 3 aromatic rings. The van der Waals surface area contributed by atoms with Crippen molar-refractivity contribution >= 4 is 28.8 Å². The highest BCUT2D eigenvalue weighted by molar-refractivity contribution is 6.04. The maximum atomic E-state index is 13.5. The molecule has 2 aliphatic rings. The van der Waals surface area contributed by atoms with E-state index in [0.717, 1.165) is 72.8 Å². The number of pyridine rings is 1. The summed E-state index contributed by atoms with van der Waals surface area (Å²) in [5.74, 6) is 0.984. The molecule has 0 saturated carbocycles. The van der Waals surface area contributed by atoms with E-state index in [1.807, 2.05) is 18.7 Å². The molecule has 0 spiro atoms. The Kier molecular flexibility index (Phi) is 7.84. The molecular weight excluding hydrogens is 488 g/mol. The topological polar surface area (TPSA) is 83.4 Å². The molecule has 0 radical (unpaired) electrons. The Balaban J connectivity index is 1.56. The van der Waals surface area contributed by atoms with Crippen molar-refractivity contribution in [2.45, 2.75) is 66.0 Å². The van der Waals surface area contributed by atoms with E-state index in [0.29, 0.717) is 24.6 Å². The summed E-state index contributed by atoms with van der Waals surface area (Å²) in [7, 11) is 0. The summed E-state index contributed by atoms with van der Waals surface area (Å²) in [4.78, 5) is 39.9. The number of likely N-dealkylation sites (tertiary alicyclic amines) is 2. The van der Waals surface area contributed by atoms with E-state index in [2.05, 4.69) is 52.3 Å². The minimum Gasteiger partial charge on any atom is -0.337 e. The molecule has 2 saturated heterocycles. The molecule has 2 atom stereocenters. The van der Waals surface area contributed by atoms with Crippen LogP contribution >= 0.6 is 0 Å². The minimum absolute atomic E-state index is 0.0124. The van der Waals surface area contributed by atoms with Gasteiger partial charge in [-0.05, 0) is 94.3 Å². The summed E-state index contributed by atoms with van der Waals surface area (Å²) in [6.45, 7) is 16.3. The second kappa shape index (κ2) is 11.3. The number of nitrogens with zero attached hydrogens (tertiary/aromatic N) is 5. The van der Waals surface area contributed by atoms with Crippen LogP contribution in [0, 0.1) is 26.7 Å².